The molecule has 1 fully saturated rings. The van der Waals surface area contributed by atoms with E-state index in [-0.39, 0.29) is 11.6 Å². The molecular formula is C15H16O2. The van der Waals surface area contributed by atoms with Crippen LogP contribution >= 0.6 is 0 Å². The molecule has 2 rings (SSSR count). The second kappa shape index (κ2) is 4.66. The summed E-state index contributed by atoms with van der Waals surface area (Å²) in [5.41, 5.74) is 0.319. The Morgan fingerprint density at radius 1 is 1.12 bits per heavy atom. The Morgan fingerprint density at radius 3 is 2.29 bits per heavy atom. The molecule has 88 valence electrons. The molecule has 1 aromatic rings. The zero-order valence-electron chi connectivity index (χ0n) is 9.98. The summed E-state index contributed by atoms with van der Waals surface area (Å²) < 4.78 is 0. The van der Waals surface area contributed by atoms with Crippen LogP contribution in [-0.4, -0.2) is 11.6 Å². The van der Waals surface area contributed by atoms with Crippen molar-refractivity contribution >= 4 is 17.6 Å². The van der Waals surface area contributed by atoms with Gasteiger partial charge in [0.2, 0.25) is 0 Å². The van der Waals surface area contributed by atoms with E-state index in [1.807, 2.05) is 42.5 Å². The molecule has 17 heavy (non-hydrogen) atoms. The lowest BCUT2D eigenvalue weighted by atomic mass is 9.83. The topological polar surface area (TPSA) is 34.1 Å². The second-order valence-corrected chi connectivity index (χ2v) is 4.70. The summed E-state index contributed by atoms with van der Waals surface area (Å²) in [6.45, 7) is 1.76. The third kappa shape index (κ3) is 2.36. The van der Waals surface area contributed by atoms with Gasteiger partial charge in [-0.15, -0.1) is 0 Å². The molecule has 0 amide bonds. The normalized spacial score (nSPS) is 19.1. The quantitative estimate of drug-likeness (QED) is 0.745. The fourth-order valence-electron chi connectivity index (χ4n) is 2.16. The largest absolute Gasteiger partial charge is 0.299 e. The molecule has 1 aromatic carbocycles. The summed E-state index contributed by atoms with van der Waals surface area (Å²) in [4.78, 5) is 23.4. The first-order valence-corrected chi connectivity index (χ1v) is 5.91. The zero-order valence-corrected chi connectivity index (χ0v) is 9.98. The Bertz CT molecular complexity index is 441. The first-order valence-electron chi connectivity index (χ1n) is 5.91. The third-order valence-electron chi connectivity index (χ3n) is 3.45. The van der Waals surface area contributed by atoms with Crippen molar-refractivity contribution in [2.45, 2.75) is 26.2 Å². The standard InChI is InChI=1S/C15H16O2/c1-15(13(16)9-10-14(15)17)11-5-8-12-6-3-2-4-7-12/h2-8H,9-11H2,1H3/b8-5+. The summed E-state index contributed by atoms with van der Waals surface area (Å²) in [6, 6.07) is 9.89. The van der Waals surface area contributed by atoms with Crippen LogP contribution in [0.2, 0.25) is 0 Å². The molecular weight excluding hydrogens is 212 g/mol. The number of carbonyl (C=O) groups is 2. The molecule has 0 aliphatic heterocycles. The van der Waals surface area contributed by atoms with Gasteiger partial charge in [-0.05, 0) is 18.9 Å². The van der Waals surface area contributed by atoms with Gasteiger partial charge in [0.15, 0.2) is 0 Å². The van der Waals surface area contributed by atoms with Gasteiger partial charge >= 0.3 is 0 Å². The predicted molar refractivity (Wildman–Crippen MR) is 67.4 cm³/mol. The van der Waals surface area contributed by atoms with Crippen molar-refractivity contribution < 1.29 is 9.59 Å². The van der Waals surface area contributed by atoms with Crippen molar-refractivity contribution in [1.29, 1.82) is 0 Å². The molecule has 0 saturated heterocycles. The van der Waals surface area contributed by atoms with Crippen LogP contribution in [0.4, 0.5) is 0 Å². The Kier molecular flexibility index (Phi) is 3.23. The van der Waals surface area contributed by atoms with Gasteiger partial charge in [-0.3, -0.25) is 9.59 Å². The SMILES string of the molecule is CC1(C/C=C/c2ccccc2)C(=O)CCC1=O. The Balaban J connectivity index is 2.05. The lowest BCUT2D eigenvalue weighted by molar-refractivity contribution is -0.133. The molecule has 0 spiro atoms. The summed E-state index contributed by atoms with van der Waals surface area (Å²) in [5, 5.41) is 0. The van der Waals surface area contributed by atoms with Crippen molar-refractivity contribution in [3.63, 3.8) is 0 Å². The van der Waals surface area contributed by atoms with Gasteiger partial charge in [-0.25, -0.2) is 0 Å². The van der Waals surface area contributed by atoms with E-state index in [1.165, 1.54) is 0 Å². The minimum atomic E-state index is -0.773. The number of hydrogen-bond donors (Lipinski definition) is 0. The van der Waals surface area contributed by atoms with Crippen molar-refractivity contribution in [2.24, 2.45) is 5.41 Å². The van der Waals surface area contributed by atoms with E-state index in [0.29, 0.717) is 19.3 Å². The molecule has 0 radical (unpaired) electrons. The first kappa shape index (κ1) is 11.8. The van der Waals surface area contributed by atoms with Crippen LogP contribution in [0, 0.1) is 5.41 Å². The average molecular weight is 228 g/mol. The van der Waals surface area contributed by atoms with Crippen LogP contribution < -0.4 is 0 Å². The number of hydrogen-bond acceptors (Lipinski definition) is 2. The Hall–Kier alpha value is -1.70. The molecule has 0 bridgehead atoms. The fraction of sp³-hybridized carbons (Fsp3) is 0.333. The number of benzene rings is 1. The highest BCUT2D eigenvalue weighted by Crippen LogP contribution is 2.34. The van der Waals surface area contributed by atoms with E-state index < -0.39 is 5.41 Å². The van der Waals surface area contributed by atoms with E-state index in [0.717, 1.165) is 5.56 Å². The number of allylic oxidation sites excluding steroid dienone is 1. The van der Waals surface area contributed by atoms with Gasteiger partial charge in [0.1, 0.15) is 11.6 Å². The number of rotatable bonds is 3. The lowest BCUT2D eigenvalue weighted by Crippen LogP contribution is -2.28. The summed E-state index contributed by atoms with van der Waals surface area (Å²) in [6.07, 6.45) is 5.23. The minimum absolute atomic E-state index is 0.0835. The molecule has 2 heteroatoms. The monoisotopic (exact) mass is 228 g/mol. The highest BCUT2D eigenvalue weighted by Gasteiger charge is 2.43. The first-order chi connectivity index (χ1) is 8.13. The van der Waals surface area contributed by atoms with Crippen LogP contribution in [0.25, 0.3) is 6.08 Å². The van der Waals surface area contributed by atoms with Gasteiger partial charge in [0.05, 0.1) is 5.41 Å². The third-order valence-corrected chi connectivity index (χ3v) is 3.45. The zero-order chi connectivity index (χ0) is 12.3. The molecule has 0 heterocycles. The number of Topliss-reactive ketones (excluding diaryl/α,β-unsaturated/α-hetero) is 2. The highest BCUT2D eigenvalue weighted by atomic mass is 16.2. The molecule has 0 aromatic heterocycles. The van der Waals surface area contributed by atoms with Crippen molar-refractivity contribution in [3.05, 3.63) is 42.0 Å². The van der Waals surface area contributed by atoms with Gasteiger partial charge in [0, 0.05) is 12.8 Å². The van der Waals surface area contributed by atoms with Crippen LogP contribution in [0.3, 0.4) is 0 Å². The molecule has 0 N–H and O–H groups in total. The lowest BCUT2D eigenvalue weighted by Gasteiger charge is -2.17. The summed E-state index contributed by atoms with van der Waals surface area (Å²) in [7, 11) is 0. The molecule has 0 atom stereocenters. The van der Waals surface area contributed by atoms with Gasteiger partial charge in [-0.2, -0.15) is 0 Å². The molecule has 1 aliphatic rings. The smallest absolute Gasteiger partial charge is 0.146 e. The maximum Gasteiger partial charge on any atom is 0.146 e. The van der Waals surface area contributed by atoms with Crippen LogP contribution in [-0.2, 0) is 9.59 Å². The van der Waals surface area contributed by atoms with E-state index in [9.17, 15) is 9.59 Å². The summed E-state index contributed by atoms with van der Waals surface area (Å²) in [5.74, 6) is 0.167. The van der Waals surface area contributed by atoms with Gasteiger partial charge in [-0.1, -0.05) is 42.5 Å². The minimum Gasteiger partial charge on any atom is -0.299 e. The Labute approximate surface area is 101 Å². The molecule has 1 saturated carbocycles. The van der Waals surface area contributed by atoms with E-state index in [4.69, 9.17) is 0 Å². The van der Waals surface area contributed by atoms with Crippen LogP contribution in [0.1, 0.15) is 31.7 Å². The average Bonchev–Trinajstić information content (AvgIpc) is 2.59. The second-order valence-electron chi connectivity index (χ2n) is 4.70. The van der Waals surface area contributed by atoms with Gasteiger partial charge < -0.3 is 0 Å². The van der Waals surface area contributed by atoms with Crippen LogP contribution in [0.5, 0.6) is 0 Å². The van der Waals surface area contributed by atoms with Crippen molar-refractivity contribution in [1.82, 2.24) is 0 Å². The van der Waals surface area contributed by atoms with Crippen molar-refractivity contribution in [2.75, 3.05) is 0 Å². The van der Waals surface area contributed by atoms with Crippen LogP contribution in [0.15, 0.2) is 36.4 Å². The van der Waals surface area contributed by atoms with E-state index in [1.54, 1.807) is 6.92 Å². The molecule has 0 unspecified atom stereocenters. The molecule has 2 nitrogen and oxygen atoms in total. The summed E-state index contributed by atoms with van der Waals surface area (Å²) >= 11 is 0. The Morgan fingerprint density at radius 2 is 1.71 bits per heavy atom. The highest BCUT2D eigenvalue weighted by molar-refractivity contribution is 6.12. The molecule has 1 aliphatic carbocycles. The van der Waals surface area contributed by atoms with Gasteiger partial charge in [0.25, 0.3) is 0 Å². The number of carbonyl (C=O) groups excluding carboxylic acids is 2. The predicted octanol–water partition coefficient (Wildman–Crippen LogP) is 3.03. The van der Waals surface area contributed by atoms with E-state index >= 15 is 0 Å². The fourth-order valence-corrected chi connectivity index (χ4v) is 2.16. The number of ketones is 2. The maximum absolute atomic E-state index is 11.7. The maximum atomic E-state index is 11.7. The van der Waals surface area contributed by atoms with Crippen molar-refractivity contribution in [3.8, 4) is 0 Å². The van der Waals surface area contributed by atoms with E-state index in [2.05, 4.69) is 0 Å².